The summed E-state index contributed by atoms with van der Waals surface area (Å²) in [6.07, 6.45) is 5.33. The number of alkyl halides is 1. The van der Waals surface area contributed by atoms with E-state index in [2.05, 4.69) is 33.1 Å². The highest BCUT2D eigenvalue weighted by molar-refractivity contribution is 9.09. The molecular weight excluding hydrogens is 258 g/mol. The van der Waals surface area contributed by atoms with E-state index in [0.29, 0.717) is 5.56 Å². The lowest BCUT2D eigenvalue weighted by Gasteiger charge is -2.20. The summed E-state index contributed by atoms with van der Waals surface area (Å²) in [5.41, 5.74) is 0.632. The van der Waals surface area contributed by atoms with Crippen LogP contribution in [-0.4, -0.2) is 39.4 Å². The molecule has 0 unspecified atom stereocenters. The van der Waals surface area contributed by atoms with Gasteiger partial charge in [-0.1, -0.05) is 29.3 Å². The molecule has 0 saturated heterocycles. The predicted octanol–water partition coefficient (Wildman–Crippen LogP) is 2.05. The molecule has 0 aliphatic rings. The van der Waals surface area contributed by atoms with Gasteiger partial charge in [0.25, 0.3) is 5.91 Å². The molecule has 0 aliphatic carbocycles. The number of aromatic nitrogens is 2. The van der Waals surface area contributed by atoms with Crippen LogP contribution in [-0.2, 0) is 0 Å². The Bertz CT molecular complexity index is 287. The van der Waals surface area contributed by atoms with E-state index in [1.165, 1.54) is 0 Å². The van der Waals surface area contributed by atoms with Crippen LogP contribution in [0.3, 0.4) is 0 Å². The van der Waals surface area contributed by atoms with E-state index >= 15 is 0 Å². The molecule has 0 atom stereocenters. The first-order valence-electron chi connectivity index (χ1n) is 5.13. The number of aromatic amines is 1. The quantitative estimate of drug-likeness (QED) is 0.807. The van der Waals surface area contributed by atoms with Gasteiger partial charge >= 0.3 is 0 Å². The molecule has 1 rings (SSSR count). The molecule has 1 N–H and O–H groups in total. The van der Waals surface area contributed by atoms with E-state index in [9.17, 15) is 4.79 Å². The Hall–Kier alpha value is -0.840. The molecule has 5 heteroatoms. The molecule has 0 saturated carbocycles. The van der Waals surface area contributed by atoms with E-state index in [4.69, 9.17) is 0 Å². The number of hydrogen-bond acceptors (Lipinski definition) is 2. The lowest BCUT2D eigenvalue weighted by Crippen LogP contribution is -2.33. The molecule has 1 aromatic heterocycles. The van der Waals surface area contributed by atoms with Crippen LogP contribution < -0.4 is 0 Å². The van der Waals surface area contributed by atoms with E-state index in [-0.39, 0.29) is 5.91 Å². The number of carbonyl (C=O) groups is 1. The number of rotatable bonds is 6. The molecule has 1 heterocycles. The van der Waals surface area contributed by atoms with Crippen LogP contribution in [0.4, 0.5) is 0 Å². The topological polar surface area (TPSA) is 49.0 Å². The summed E-state index contributed by atoms with van der Waals surface area (Å²) in [5.74, 6) is 0.0525. The van der Waals surface area contributed by atoms with Gasteiger partial charge in [0.1, 0.15) is 0 Å². The van der Waals surface area contributed by atoms with Crippen LogP contribution in [0.1, 0.15) is 30.1 Å². The molecule has 15 heavy (non-hydrogen) atoms. The Kier molecular flexibility index (Phi) is 5.39. The monoisotopic (exact) mass is 273 g/mol. The van der Waals surface area contributed by atoms with Crippen LogP contribution in [0.5, 0.6) is 0 Å². The maximum absolute atomic E-state index is 11.9. The molecular formula is C10H16BrN3O. The fourth-order valence-corrected chi connectivity index (χ4v) is 1.74. The fourth-order valence-electron chi connectivity index (χ4n) is 1.32. The number of amides is 1. The normalized spacial score (nSPS) is 10.3. The summed E-state index contributed by atoms with van der Waals surface area (Å²) in [5, 5.41) is 7.24. The van der Waals surface area contributed by atoms with Gasteiger partial charge in [-0.15, -0.1) is 0 Å². The third-order valence-electron chi connectivity index (χ3n) is 2.17. The van der Waals surface area contributed by atoms with Gasteiger partial charge in [0.15, 0.2) is 0 Å². The van der Waals surface area contributed by atoms with Crippen molar-refractivity contribution in [2.75, 3.05) is 18.4 Å². The first-order chi connectivity index (χ1) is 7.29. The maximum Gasteiger partial charge on any atom is 0.257 e. The van der Waals surface area contributed by atoms with Crippen molar-refractivity contribution >= 4 is 21.8 Å². The molecule has 1 aromatic rings. The SMILES string of the molecule is CCCCN(CCBr)C(=O)c1cn[nH]c1. The molecule has 0 aliphatic heterocycles. The highest BCUT2D eigenvalue weighted by Gasteiger charge is 2.14. The van der Waals surface area contributed by atoms with Gasteiger partial charge in [0, 0.05) is 24.6 Å². The van der Waals surface area contributed by atoms with Crippen LogP contribution in [0.25, 0.3) is 0 Å². The Balaban J connectivity index is 2.58. The van der Waals surface area contributed by atoms with Gasteiger partial charge in [-0.3, -0.25) is 9.89 Å². The lowest BCUT2D eigenvalue weighted by molar-refractivity contribution is 0.0764. The summed E-state index contributed by atoms with van der Waals surface area (Å²) in [4.78, 5) is 13.8. The first-order valence-corrected chi connectivity index (χ1v) is 6.25. The number of carbonyl (C=O) groups excluding carboxylic acids is 1. The Morgan fingerprint density at radius 1 is 1.60 bits per heavy atom. The van der Waals surface area contributed by atoms with Crippen LogP contribution in [0.15, 0.2) is 12.4 Å². The van der Waals surface area contributed by atoms with Gasteiger partial charge < -0.3 is 4.90 Å². The number of nitrogens with zero attached hydrogens (tertiary/aromatic N) is 2. The number of H-pyrrole nitrogens is 1. The van der Waals surface area contributed by atoms with Crippen molar-refractivity contribution in [3.8, 4) is 0 Å². The van der Waals surface area contributed by atoms with Crippen molar-refractivity contribution in [1.82, 2.24) is 15.1 Å². The number of hydrogen-bond donors (Lipinski definition) is 1. The zero-order valence-corrected chi connectivity index (χ0v) is 10.5. The van der Waals surface area contributed by atoms with E-state index in [1.54, 1.807) is 12.4 Å². The Morgan fingerprint density at radius 3 is 2.93 bits per heavy atom. The van der Waals surface area contributed by atoms with Gasteiger partial charge in [-0.05, 0) is 6.42 Å². The highest BCUT2D eigenvalue weighted by Crippen LogP contribution is 2.04. The third kappa shape index (κ3) is 3.66. The average molecular weight is 274 g/mol. The van der Waals surface area contributed by atoms with Crippen molar-refractivity contribution in [3.63, 3.8) is 0 Å². The van der Waals surface area contributed by atoms with Gasteiger partial charge in [-0.2, -0.15) is 5.10 Å². The molecule has 0 fully saturated rings. The van der Waals surface area contributed by atoms with Crippen LogP contribution in [0.2, 0.25) is 0 Å². The third-order valence-corrected chi connectivity index (χ3v) is 2.52. The van der Waals surface area contributed by atoms with Crippen molar-refractivity contribution in [1.29, 1.82) is 0 Å². The second-order valence-electron chi connectivity index (χ2n) is 3.32. The van der Waals surface area contributed by atoms with Gasteiger partial charge in [0.05, 0.1) is 11.8 Å². The average Bonchev–Trinajstić information content (AvgIpc) is 2.76. The van der Waals surface area contributed by atoms with E-state index in [0.717, 1.165) is 31.3 Å². The number of unbranched alkanes of at least 4 members (excludes halogenated alkanes) is 1. The predicted molar refractivity (Wildman–Crippen MR) is 63.2 cm³/mol. The minimum absolute atomic E-state index is 0.0525. The summed E-state index contributed by atoms with van der Waals surface area (Å²) in [6, 6.07) is 0. The van der Waals surface area contributed by atoms with Gasteiger partial charge in [-0.25, -0.2) is 0 Å². The number of halogens is 1. The van der Waals surface area contributed by atoms with Gasteiger partial charge in [0.2, 0.25) is 0 Å². The molecule has 0 spiro atoms. The lowest BCUT2D eigenvalue weighted by atomic mass is 10.2. The summed E-state index contributed by atoms with van der Waals surface area (Å²) < 4.78 is 0. The smallest absolute Gasteiger partial charge is 0.257 e. The Labute approximate surface area is 98.2 Å². The largest absolute Gasteiger partial charge is 0.338 e. The molecule has 84 valence electrons. The molecule has 0 aromatic carbocycles. The fraction of sp³-hybridized carbons (Fsp3) is 0.600. The molecule has 4 nitrogen and oxygen atoms in total. The molecule has 0 radical (unpaired) electrons. The van der Waals surface area contributed by atoms with Crippen LogP contribution >= 0.6 is 15.9 Å². The second-order valence-corrected chi connectivity index (χ2v) is 4.11. The second kappa shape index (κ2) is 6.61. The van der Waals surface area contributed by atoms with Crippen molar-refractivity contribution < 1.29 is 4.79 Å². The standard InChI is InChI=1S/C10H16BrN3O/c1-2-3-5-14(6-4-11)10(15)9-7-12-13-8-9/h7-8H,2-6H2,1H3,(H,12,13). The van der Waals surface area contributed by atoms with Crippen molar-refractivity contribution in [2.45, 2.75) is 19.8 Å². The first kappa shape index (κ1) is 12.2. The maximum atomic E-state index is 11.9. The summed E-state index contributed by atoms with van der Waals surface area (Å²) in [7, 11) is 0. The minimum atomic E-state index is 0.0525. The molecule has 1 amide bonds. The van der Waals surface area contributed by atoms with Crippen LogP contribution in [0, 0.1) is 0 Å². The zero-order valence-electron chi connectivity index (χ0n) is 8.87. The van der Waals surface area contributed by atoms with E-state index in [1.807, 2.05) is 4.90 Å². The number of nitrogens with one attached hydrogen (secondary N) is 1. The van der Waals surface area contributed by atoms with Crippen molar-refractivity contribution in [2.24, 2.45) is 0 Å². The highest BCUT2D eigenvalue weighted by atomic mass is 79.9. The van der Waals surface area contributed by atoms with E-state index < -0.39 is 0 Å². The minimum Gasteiger partial charge on any atom is -0.338 e. The zero-order chi connectivity index (χ0) is 11.1. The molecule has 0 bridgehead atoms. The summed E-state index contributed by atoms with van der Waals surface area (Å²) in [6.45, 7) is 3.67. The summed E-state index contributed by atoms with van der Waals surface area (Å²) >= 11 is 3.36. The Morgan fingerprint density at radius 2 is 2.40 bits per heavy atom. The van der Waals surface area contributed by atoms with Crippen molar-refractivity contribution in [3.05, 3.63) is 18.0 Å².